The van der Waals surface area contributed by atoms with E-state index in [0.29, 0.717) is 11.5 Å². The highest BCUT2D eigenvalue weighted by atomic mass is 16.8. The van der Waals surface area contributed by atoms with Gasteiger partial charge in [0.05, 0.1) is 24.0 Å². The second kappa shape index (κ2) is 18.9. The van der Waals surface area contributed by atoms with Crippen LogP contribution in [0.5, 0.6) is 23.0 Å². The van der Waals surface area contributed by atoms with E-state index in [0.717, 1.165) is 113 Å². The van der Waals surface area contributed by atoms with Crippen molar-refractivity contribution in [2.24, 2.45) is 45.3 Å². The summed E-state index contributed by atoms with van der Waals surface area (Å²) < 4.78 is 60.5. The third kappa shape index (κ3) is 7.66. The molecule has 84 heavy (non-hydrogen) atoms. The number of esters is 2. The molecule has 18 heteroatoms. The van der Waals surface area contributed by atoms with Gasteiger partial charge in [-0.1, -0.05) is 53.7 Å². The summed E-state index contributed by atoms with van der Waals surface area (Å²) in [5.74, 6) is 0.759. The van der Waals surface area contributed by atoms with Crippen molar-refractivity contribution in [3.8, 4) is 23.0 Å². The Bertz CT molecular complexity index is 2870. The highest BCUT2D eigenvalue weighted by Crippen LogP contribution is 2.80. The van der Waals surface area contributed by atoms with Crippen LogP contribution in [-0.2, 0) is 61.7 Å². The number of nitrogens with zero attached hydrogens (tertiary/aromatic N) is 2. The van der Waals surface area contributed by atoms with Crippen LogP contribution in [0.25, 0.3) is 0 Å². The molecule has 10 fully saturated rings. The standard InChI is InChI=1S/C66H88N2O16/c1-57(2,3)59(7,73)43-31-61-21-23-65(43,75-9)53-63(61)25-27-67(33-37-11-12-37)45(61)29-39-15-17-41(51(83-53)49(39)63)81-55(71)79-35-77-47(69)19-20-48(70)78-36-80-56(72)82-42-18-16-40-30-46-62-22-24-66(76-10,44(32-62)60(8,74)58(4,5)6)54-64(62,50(40)52(42)84-54)26-28-68(46)34-38-13-14-38/h15-18,37-38,43-46,53-54,73-74H,11-14,19-36H2,1-10H3/t43-,44-,45?,46?,53-,54-,59+,60+,61-,62-,63+,64+,65-,66-/m1/s1. The van der Waals surface area contributed by atoms with Gasteiger partial charge in [0.2, 0.25) is 13.6 Å². The van der Waals surface area contributed by atoms with Crippen molar-refractivity contribution in [2.75, 3.05) is 54.0 Å². The normalized spacial score (nSPS) is 37.6. The molecule has 8 saturated carbocycles. The molecule has 458 valence electrons. The summed E-state index contributed by atoms with van der Waals surface area (Å²) in [7, 11) is 3.51. The van der Waals surface area contributed by atoms with Crippen molar-refractivity contribution in [3.63, 3.8) is 0 Å². The average Bonchev–Trinajstić information content (AvgIpc) is 1.26. The third-order valence-electron chi connectivity index (χ3n) is 25.4. The van der Waals surface area contributed by atoms with Crippen molar-refractivity contribution in [1.29, 1.82) is 0 Å². The van der Waals surface area contributed by atoms with Crippen LogP contribution in [0.3, 0.4) is 0 Å². The largest absolute Gasteiger partial charge is 0.516 e. The molecule has 16 rings (SSSR count). The smallest absolute Gasteiger partial charge is 0.482 e. The molecule has 2 aromatic carbocycles. The molecular formula is C66H88N2O16. The lowest BCUT2D eigenvalue weighted by atomic mass is 9.33. The Kier molecular flexibility index (Phi) is 12.8. The second-order valence-electron chi connectivity index (χ2n) is 30.3. The molecule has 18 nitrogen and oxygen atoms in total. The number of piperidine rings is 2. The molecule has 14 atom stereocenters. The molecular weight excluding hydrogens is 1080 g/mol. The fourth-order valence-corrected chi connectivity index (χ4v) is 20.2. The van der Waals surface area contributed by atoms with Crippen molar-refractivity contribution < 1.29 is 76.8 Å². The first-order valence-electron chi connectivity index (χ1n) is 31.5. The molecule has 10 aliphatic carbocycles. The van der Waals surface area contributed by atoms with E-state index in [4.69, 9.17) is 47.4 Å². The molecule has 2 unspecified atom stereocenters. The first-order chi connectivity index (χ1) is 39.8. The van der Waals surface area contributed by atoms with Gasteiger partial charge < -0.3 is 57.6 Å². The maximum atomic E-state index is 13.4. The van der Waals surface area contributed by atoms with Gasteiger partial charge in [-0.3, -0.25) is 19.4 Å². The number of benzene rings is 2. The maximum absolute atomic E-state index is 13.4. The van der Waals surface area contributed by atoms with Crippen LogP contribution in [0, 0.1) is 45.3 Å². The lowest BCUT2D eigenvalue weighted by Crippen LogP contribution is -2.83. The first kappa shape index (κ1) is 57.0. The van der Waals surface area contributed by atoms with Gasteiger partial charge in [-0.15, -0.1) is 0 Å². The lowest BCUT2D eigenvalue weighted by molar-refractivity contribution is -0.312. The number of rotatable bonds is 17. The summed E-state index contributed by atoms with van der Waals surface area (Å²) in [5, 5.41) is 25.2. The summed E-state index contributed by atoms with van der Waals surface area (Å²) in [6.45, 7) is 19.0. The van der Waals surface area contributed by atoms with E-state index in [9.17, 15) is 29.4 Å². The van der Waals surface area contributed by atoms with E-state index in [-0.39, 0.29) is 46.2 Å². The molecule has 2 aromatic rings. The van der Waals surface area contributed by atoms with Crippen LogP contribution in [0.15, 0.2) is 24.3 Å². The number of methoxy groups -OCH3 is 2. The maximum Gasteiger partial charge on any atom is 0.516 e. The molecule has 0 amide bonds. The van der Waals surface area contributed by atoms with Crippen LogP contribution in [0.1, 0.15) is 168 Å². The molecule has 4 spiro atoms. The number of aliphatic hydroxyl groups is 2. The van der Waals surface area contributed by atoms with Gasteiger partial charge in [0.25, 0.3) is 0 Å². The van der Waals surface area contributed by atoms with Crippen molar-refractivity contribution >= 4 is 24.2 Å². The van der Waals surface area contributed by atoms with Gasteiger partial charge in [0, 0.05) is 84.0 Å². The lowest BCUT2D eigenvalue weighted by Gasteiger charge is -2.75. The van der Waals surface area contributed by atoms with Crippen LogP contribution < -0.4 is 18.9 Å². The number of carbonyl (C=O) groups is 4. The summed E-state index contributed by atoms with van der Waals surface area (Å²) in [6, 6.07) is 8.15. The molecule has 2 N–H and O–H groups in total. The zero-order valence-electron chi connectivity index (χ0n) is 51.0. The second-order valence-corrected chi connectivity index (χ2v) is 30.3. The van der Waals surface area contributed by atoms with Crippen molar-refractivity contribution in [3.05, 3.63) is 46.5 Å². The zero-order chi connectivity index (χ0) is 59.2. The monoisotopic (exact) mass is 1160 g/mol. The van der Waals surface area contributed by atoms with Crippen molar-refractivity contribution in [2.45, 2.75) is 216 Å². The molecule has 4 heterocycles. The number of ether oxygens (including phenoxy) is 10. The Morgan fingerprint density at radius 2 is 0.952 bits per heavy atom. The minimum atomic E-state index is -1.10. The zero-order valence-corrected chi connectivity index (χ0v) is 51.0. The Balaban J connectivity index is 0.596. The number of likely N-dealkylation sites (tertiary alicyclic amines) is 2. The average molecular weight is 1170 g/mol. The Hall–Kier alpha value is -4.72. The molecule has 4 aliphatic heterocycles. The fraction of sp³-hybridized carbons (Fsp3) is 0.758. The number of hydrogen-bond donors (Lipinski definition) is 2. The number of hydrogen-bond acceptors (Lipinski definition) is 18. The molecule has 2 saturated heterocycles. The molecule has 0 aromatic heterocycles. The van der Waals surface area contributed by atoms with Gasteiger partial charge in [-0.05, 0) is 163 Å². The molecule has 14 aliphatic rings. The third-order valence-corrected chi connectivity index (χ3v) is 25.4. The first-order valence-corrected chi connectivity index (χ1v) is 31.5. The van der Waals surface area contributed by atoms with Crippen LogP contribution >= 0.6 is 0 Å². The van der Waals surface area contributed by atoms with E-state index >= 15 is 0 Å². The van der Waals surface area contributed by atoms with Gasteiger partial charge >= 0.3 is 24.2 Å². The van der Waals surface area contributed by atoms with Crippen molar-refractivity contribution in [1.82, 2.24) is 9.80 Å². The summed E-state index contributed by atoms with van der Waals surface area (Å²) in [4.78, 5) is 57.9. The minimum Gasteiger partial charge on any atom is -0.482 e. The number of carbonyl (C=O) groups excluding carboxylic acids is 4. The van der Waals surface area contributed by atoms with E-state index < -0.39 is 107 Å². The SMILES string of the molecule is CO[C@]12CC[C@@]3(C[C@@H]1[C@](C)(O)C(C)(C)C)C1Cc4ccc(OC(=O)OCOC(=O)CCC(=O)OCOC(=O)Oc5ccc6c7c5O[C@H]5[C@@]8(OC)CC[C@@]9(C[C@@H]8[C@](C)(O)C(C)(C)C)C(C6)N(CC6CC6)CC[C@]759)c5c4[C@@]3(CCN1CC1CC1)[C@H]2O5. The van der Waals surface area contributed by atoms with Crippen LogP contribution in [-0.4, -0.2) is 145 Å². The van der Waals surface area contributed by atoms with Gasteiger partial charge in [0.1, 0.15) is 23.4 Å². The quantitative estimate of drug-likeness (QED) is 0.0859. The Labute approximate surface area is 493 Å². The Morgan fingerprint density at radius 1 is 0.560 bits per heavy atom. The van der Waals surface area contributed by atoms with Crippen LogP contribution in [0.2, 0.25) is 0 Å². The molecule has 0 radical (unpaired) electrons. The summed E-state index contributed by atoms with van der Waals surface area (Å²) in [5.41, 5.74) is -1.39. The molecule has 8 bridgehead atoms. The highest BCUT2D eigenvalue weighted by Gasteiger charge is 2.84. The Morgan fingerprint density at radius 3 is 1.31 bits per heavy atom. The van der Waals surface area contributed by atoms with Gasteiger partial charge in [-0.2, -0.15) is 0 Å². The predicted molar refractivity (Wildman–Crippen MR) is 302 cm³/mol. The van der Waals surface area contributed by atoms with Crippen LogP contribution in [0.4, 0.5) is 9.59 Å². The topological polar surface area (TPSA) is 208 Å². The van der Waals surface area contributed by atoms with Gasteiger partial charge in [-0.25, -0.2) is 9.59 Å². The summed E-state index contributed by atoms with van der Waals surface area (Å²) in [6.07, 6.45) is 9.57. The predicted octanol–water partition coefficient (Wildman–Crippen LogP) is 9.24. The van der Waals surface area contributed by atoms with E-state index in [1.807, 2.05) is 26.0 Å². The van der Waals surface area contributed by atoms with E-state index in [2.05, 4.69) is 51.3 Å². The van der Waals surface area contributed by atoms with Gasteiger partial charge in [0.15, 0.2) is 23.0 Å². The fourth-order valence-electron chi connectivity index (χ4n) is 20.2. The van der Waals surface area contributed by atoms with E-state index in [1.54, 1.807) is 26.4 Å². The van der Waals surface area contributed by atoms with E-state index in [1.165, 1.54) is 36.8 Å². The number of fused-ring (bicyclic) bond motifs is 4. The highest BCUT2D eigenvalue weighted by molar-refractivity contribution is 5.78. The summed E-state index contributed by atoms with van der Waals surface area (Å²) >= 11 is 0. The minimum absolute atomic E-state index is 0.199.